The van der Waals surface area contributed by atoms with Gasteiger partial charge in [0.1, 0.15) is 0 Å². The number of halogens is 1. The lowest BCUT2D eigenvalue weighted by Gasteiger charge is -1.95. The number of ketones is 1. The third-order valence-electron chi connectivity index (χ3n) is 1.25. The van der Waals surface area contributed by atoms with E-state index in [4.69, 9.17) is 0 Å². The summed E-state index contributed by atoms with van der Waals surface area (Å²) in [6.45, 7) is 1.90. The molecule has 0 aromatic rings. The summed E-state index contributed by atoms with van der Waals surface area (Å²) in [5.74, 6) is -1.37. The molecule has 0 aliphatic rings. The van der Waals surface area contributed by atoms with Gasteiger partial charge >= 0.3 is 5.97 Å². The van der Waals surface area contributed by atoms with Crippen molar-refractivity contribution < 1.29 is 14.3 Å². The van der Waals surface area contributed by atoms with Gasteiger partial charge in [-0.3, -0.25) is 4.79 Å². The van der Waals surface area contributed by atoms with Gasteiger partial charge in [0.05, 0.1) is 6.61 Å². The fraction of sp³-hybridized carbons (Fsp3) is 0.556. The van der Waals surface area contributed by atoms with Crippen molar-refractivity contribution in [3.8, 4) is 0 Å². The highest BCUT2D eigenvalue weighted by atomic mass is 79.9. The molecular formula is C9H13BrO3. The number of rotatable bonds is 6. The molecule has 0 aromatic carbocycles. The fourth-order valence-electron chi connectivity index (χ4n) is 0.656. The summed E-state index contributed by atoms with van der Waals surface area (Å²) in [4.78, 5) is 21.7. The smallest absolute Gasteiger partial charge is 0.378 e. The molecule has 0 amide bonds. The highest BCUT2D eigenvalue weighted by molar-refractivity contribution is 9.09. The molecule has 0 aliphatic carbocycles. The number of unbranched alkanes of at least 4 members (excludes halogenated alkanes) is 1. The average Bonchev–Trinajstić information content (AvgIpc) is 2.12. The lowest BCUT2D eigenvalue weighted by atomic mass is 10.3. The van der Waals surface area contributed by atoms with Crippen LogP contribution < -0.4 is 0 Å². The summed E-state index contributed by atoms with van der Waals surface area (Å²) in [7, 11) is 0. The van der Waals surface area contributed by atoms with Crippen molar-refractivity contribution in [3.63, 3.8) is 0 Å². The van der Waals surface area contributed by atoms with Crippen molar-refractivity contribution in [1.29, 1.82) is 0 Å². The summed E-state index contributed by atoms with van der Waals surface area (Å²) >= 11 is 3.26. The zero-order chi connectivity index (χ0) is 10.1. The molecule has 0 radical (unpaired) electrons. The number of esters is 1. The van der Waals surface area contributed by atoms with Crippen LogP contribution in [0.4, 0.5) is 0 Å². The first kappa shape index (κ1) is 12.4. The third kappa shape index (κ3) is 6.51. The van der Waals surface area contributed by atoms with Gasteiger partial charge in [-0.1, -0.05) is 22.0 Å². The number of carbonyl (C=O) groups excluding carboxylic acids is 2. The molecule has 0 bridgehead atoms. The molecule has 0 fully saturated rings. The molecule has 0 heterocycles. The van der Waals surface area contributed by atoms with Crippen LogP contribution in [0.2, 0.25) is 0 Å². The topological polar surface area (TPSA) is 43.4 Å². The van der Waals surface area contributed by atoms with Gasteiger partial charge in [-0.25, -0.2) is 4.79 Å². The highest BCUT2D eigenvalue weighted by Crippen LogP contribution is 1.95. The summed E-state index contributed by atoms with van der Waals surface area (Å²) in [6, 6.07) is 0. The molecule has 0 atom stereocenters. The molecule has 0 spiro atoms. The van der Waals surface area contributed by atoms with Crippen LogP contribution in [-0.4, -0.2) is 23.7 Å². The summed E-state index contributed by atoms with van der Waals surface area (Å²) in [5, 5.41) is 0.894. The van der Waals surface area contributed by atoms with Gasteiger partial charge in [0.15, 0.2) is 0 Å². The summed E-state index contributed by atoms with van der Waals surface area (Å²) in [6.07, 6.45) is 4.68. The van der Waals surface area contributed by atoms with E-state index in [1.165, 1.54) is 6.08 Å². The Morgan fingerprint density at radius 2 is 2.15 bits per heavy atom. The van der Waals surface area contributed by atoms with Crippen LogP contribution in [0.25, 0.3) is 0 Å². The second-order valence-corrected chi connectivity index (χ2v) is 3.11. The minimum absolute atomic E-state index is 0.236. The third-order valence-corrected chi connectivity index (χ3v) is 1.81. The van der Waals surface area contributed by atoms with E-state index in [0.717, 1.165) is 18.2 Å². The van der Waals surface area contributed by atoms with Gasteiger partial charge in [0.25, 0.3) is 5.78 Å². The van der Waals surface area contributed by atoms with E-state index in [-0.39, 0.29) is 6.61 Å². The van der Waals surface area contributed by atoms with Crippen molar-refractivity contribution in [2.45, 2.75) is 19.8 Å². The predicted octanol–water partition coefficient (Wildman–Crippen LogP) is 1.85. The molecule has 3 nitrogen and oxygen atoms in total. The SMILES string of the molecule is CCOC(=O)C(=O)C=CCCCBr. The number of alkyl halides is 1. The van der Waals surface area contributed by atoms with Crippen LogP contribution in [0.5, 0.6) is 0 Å². The van der Waals surface area contributed by atoms with Crippen LogP contribution in [0, 0.1) is 0 Å². The fourth-order valence-corrected chi connectivity index (χ4v) is 0.979. The standard InChI is InChI=1S/C9H13BrO3/c1-2-13-9(12)8(11)6-4-3-5-7-10/h4,6H,2-3,5,7H2,1H3. The first-order chi connectivity index (χ1) is 6.22. The predicted molar refractivity (Wildman–Crippen MR) is 53.8 cm³/mol. The number of carbonyl (C=O) groups is 2. The number of hydrogen-bond acceptors (Lipinski definition) is 3. The van der Waals surface area contributed by atoms with Gasteiger partial charge in [-0.2, -0.15) is 0 Å². The minimum Gasteiger partial charge on any atom is -0.460 e. The van der Waals surface area contributed by atoms with Crippen molar-refractivity contribution in [2.75, 3.05) is 11.9 Å². The number of allylic oxidation sites excluding steroid dienone is 1. The van der Waals surface area contributed by atoms with Gasteiger partial charge < -0.3 is 4.74 Å². The van der Waals surface area contributed by atoms with E-state index in [1.54, 1.807) is 13.0 Å². The largest absolute Gasteiger partial charge is 0.460 e. The van der Waals surface area contributed by atoms with E-state index in [1.807, 2.05) is 0 Å². The lowest BCUT2D eigenvalue weighted by Crippen LogP contribution is -2.14. The molecule has 0 saturated heterocycles. The van der Waals surface area contributed by atoms with Crippen LogP contribution in [0.3, 0.4) is 0 Å². The molecular weight excluding hydrogens is 236 g/mol. The maximum absolute atomic E-state index is 10.9. The van der Waals surface area contributed by atoms with Gasteiger partial charge in [0.2, 0.25) is 0 Å². The van der Waals surface area contributed by atoms with Crippen LogP contribution >= 0.6 is 15.9 Å². The second kappa shape index (κ2) is 7.98. The monoisotopic (exact) mass is 248 g/mol. The van der Waals surface area contributed by atoms with Gasteiger partial charge in [0, 0.05) is 5.33 Å². The maximum atomic E-state index is 10.9. The zero-order valence-electron chi connectivity index (χ0n) is 7.59. The molecule has 0 rings (SSSR count). The van der Waals surface area contributed by atoms with Gasteiger partial charge in [-0.15, -0.1) is 0 Å². The average molecular weight is 249 g/mol. The molecule has 0 saturated carbocycles. The van der Waals surface area contributed by atoms with Crippen molar-refractivity contribution in [1.82, 2.24) is 0 Å². The second-order valence-electron chi connectivity index (χ2n) is 2.32. The highest BCUT2D eigenvalue weighted by Gasteiger charge is 2.09. The Balaban J connectivity index is 3.72. The van der Waals surface area contributed by atoms with Crippen LogP contribution in [0.1, 0.15) is 19.8 Å². The molecule has 74 valence electrons. The van der Waals surface area contributed by atoms with E-state index in [2.05, 4.69) is 20.7 Å². The molecule has 13 heavy (non-hydrogen) atoms. The summed E-state index contributed by atoms with van der Waals surface area (Å²) in [5.41, 5.74) is 0. The van der Waals surface area contributed by atoms with Crippen molar-refractivity contribution in [3.05, 3.63) is 12.2 Å². The Morgan fingerprint density at radius 3 is 2.69 bits per heavy atom. The Kier molecular flexibility index (Phi) is 7.59. The normalized spacial score (nSPS) is 10.3. The zero-order valence-corrected chi connectivity index (χ0v) is 9.17. The van der Waals surface area contributed by atoms with Crippen LogP contribution in [0.15, 0.2) is 12.2 Å². The van der Waals surface area contributed by atoms with Crippen LogP contribution in [-0.2, 0) is 14.3 Å². The first-order valence-electron chi connectivity index (χ1n) is 4.16. The Bertz CT molecular complexity index is 199. The first-order valence-corrected chi connectivity index (χ1v) is 5.28. The van der Waals surface area contributed by atoms with E-state index in [9.17, 15) is 9.59 Å². The molecule has 0 aliphatic heterocycles. The van der Waals surface area contributed by atoms with E-state index in [0.29, 0.717) is 0 Å². The number of ether oxygens (including phenoxy) is 1. The summed E-state index contributed by atoms with van der Waals surface area (Å²) < 4.78 is 4.51. The van der Waals surface area contributed by atoms with E-state index >= 15 is 0 Å². The Morgan fingerprint density at radius 1 is 1.46 bits per heavy atom. The minimum atomic E-state index is -0.780. The maximum Gasteiger partial charge on any atom is 0.378 e. The molecule has 0 unspecified atom stereocenters. The van der Waals surface area contributed by atoms with Crippen molar-refractivity contribution in [2.24, 2.45) is 0 Å². The Hall–Kier alpha value is -0.640. The van der Waals surface area contributed by atoms with E-state index < -0.39 is 11.8 Å². The van der Waals surface area contributed by atoms with Crippen molar-refractivity contribution >= 4 is 27.7 Å². The number of hydrogen-bond donors (Lipinski definition) is 0. The lowest BCUT2D eigenvalue weighted by molar-refractivity contribution is -0.151. The quantitative estimate of drug-likeness (QED) is 0.237. The molecule has 4 heteroatoms. The Labute approximate surface area is 86.3 Å². The molecule has 0 aromatic heterocycles. The van der Waals surface area contributed by atoms with Gasteiger partial charge in [-0.05, 0) is 25.8 Å². The molecule has 0 N–H and O–H groups in total.